The van der Waals surface area contributed by atoms with Gasteiger partial charge in [-0.1, -0.05) is 79.9 Å². The first-order valence-corrected chi connectivity index (χ1v) is 12.4. The number of hydrogen-bond acceptors (Lipinski definition) is 4. The monoisotopic (exact) mass is 443 g/mol. The molecule has 1 aliphatic rings. The molecule has 0 spiro atoms. The Balaban J connectivity index is 1.52. The highest BCUT2D eigenvalue weighted by molar-refractivity contribution is 7.91. The summed E-state index contributed by atoms with van der Waals surface area (Å²) in [7, 11) is -3.67. The lowest BCUT2D eigenvalue weighted by molar-refractivity contribution is -0.158. The lowest BCUT2D eigenvalue weighted by atomic mass is 10.0. The van der Waals surface area contributed by atoms with Crippen molar-refractivity contribution in [3.05, 3.63) is 71.8 Å². The van der Waals surface area contributed by atoms with E-state index in [4.69, 9.17) is 0 Å². The van der Waals surface area contributed by atoms with Crippen LogP contribution < -0.4 is 0 Å². The van der Waals surface area contributed by atoms with Gasteiger partial charge in [-0.15, -0.1) is 0 Å². The zero-order valence-corrected chi connectivity index (χ0v) is 18.3. The van der Waals surface area contributed by atoms with Gasteiger partial charge in [0.1, 0.15) is 11.4 Å². The number of carbonyl (C=O) groups excluding carboxylic acids is 1. The zero-order valence-electron chi connectivity index (χ0n) is 17.5. The third kappa shape index (κ3) is 6.17. The quantitative estimate of drug-likeness (QED) is 0.398. The molecule has 0 bridgehead atoms. The van der Waals surface area contributed by atoms with Crippen LogP contribution in [0.3, 0.4) is 0 Å². The Bertz CT molecular complexity index is 976. The van der Waals surface area contributed by atoms with Crippen LogP contribution in [-0.4, -0.2) is 41.7 Å². The number of rotatable bonds is 12. The van der Waals surface area contributed by atoms with Crippen LogP contribution in [0.1, 0.15) is 49.7 Å². The third-order valence-corrected chi connectivity index (χ3v) is 7.69. The topological polar surface area (TPSA) is 91.8 Å². The van der Waals surface area contributed by atoms with E-state index in [0.717, 1.165) is 30.6 Å². The third-order valence-electron chi connectivity index (χ3n) is 5.73. The molecule has 1 saturated heterocycles. The molecule has 31 heavy (non-hydrogen) atoms. The lowest BCUT2D eigenvalue weighted by Gasteiger charge is -2.43. The van der Waals surface area contributed by atoms with E-state index >= 15 is 0 Å². The van der Waals surface area contributed by atoms with Crippen molar-refractivity contribution in [2.24, 2.45) is 0 Å². The van der Waals surface area contributed by atoms with E-state index in [1.54, 1.807) is 30.3 Å². The number of carbonyl (C=O) groups is 2. The molecule has 166 valence electrons. The van der Waals surface area contributed by atoms with Crippen molar-refractivity contribution in [1.29, 1.82) is 0 Å². The van der Waals surface area contributed by atoms with Crippen molar-refractivity contribution in [2.75, 3.05) is 0 Å². The van der Waals surface area contributed by atoms with Gasteiger partial charge in [-0.2, -0.15) is 0 Å². The fourth-order valence-electron chi connectivity index (χ4n) is 4.03. The molecule has 1 N–H and O–H groups in total. The first-order chi connectivity index (χ1) is 14.9. The summed E-state index contributed by atoms with van der Waals surface area (Å²) in [6.45, 7) is 0. The van der Waals surface area contributed by atoms with Crippen molar-refractivity contribution < 1.29 is 23.1 Å². The molecule has 0 saturated carbocycles. The first-order valence-electron chi connectivity index (χ1n) is 10.7. The number of β-lactam (4-membered cyclic amide) rings is 1. The number of hydrogen-bond donors (Lipinski definition) is 1. The average molecular weight is 444 g/mol. The number of carboxylic acids is 1. The minimum Gasteiger partial charge on any atom is -0.480 e. The van der Waals surface area contributed by atoms with Crippen molar-refractivity contribution in [3.63, 3.8) is 0 Å². The minimum absolute atomic E-state index is 0.143. The fourth-order valence-corrected chi connectivity index (χ4v) is 5.88. The number of aryl methyl sites for hydroxylation is 1. The van der Waals surface area contributed by atoms with Gasteiger partial charge < -0.3 is 10.0 Å². The van der Waals surface area contributed by atoms with Crippen molar-refractivity contribution in [1.82, 2.24) is 4.90 Å². The summed E-state index contributed by atoms with van der Waals surface area (Å²) >= 11 is 0. The Morgan fingerprint density at radius 3 is 2.10 bits per heavy atom. The van der Waals surface area contributed by atoms with Crippen LogP contribution in [0.25, 0.3) is 0 Å². The molecule has 2 unspecified atom stereocenters. The van der Waals surface area contributed by atoms with Gasteiger partial charge in [0.15, 0.2) is 9.84 Å². The van der Waals surface area contributed by atoms with Crippen molar-refractivity contribution in [2.45, 2.75) is 62.1 Å². The van der Waals surface area contributed by atoms with Crippen LogP contribution in [0.5, 0.6) is 0 Å². The van der Waals surface area contributed by atoms with Crippen molar-refractivity contribution in [3.8, 4) is 0 Å². The molecule has 1 aliphatic heterocycles. The van der Waals surface area contributed by atoms with Crippen LogP contribution in [0, 0.1) is 0 Å². The van der Waals surface area contributed by atoms with Crippen LogP contribution in [0.4, 0.5) is 0 Å². The Labute approximate surface area is 183 Å². The number of amides is 1. The largest absolute Gasteiger partial charge is 0.480 e. The molecule has 7 heteroatoms. The Morgan fingerprint density at radius 2 is 1.52 bits per heavy atom. The molecule has 1 heterocycles. The van der Waals surface area contributed by atoms with E-state index in [1.807, 2.05) is 18.2 Å². The first kappa shape index (κ1) is 23.0. The van der Waals surface area contributed by atoms with E-state index < -0.39 is 33.1 Å². The van der Waals surface area contributed by atoms with Crippen LogP contribution in [-0.2, 0) is 31.6 Å². The van der Waals surface area contributed by atoms with E-state index in [-0.39, 0.29) is 18.6 Å². The molecule has 0 aromatic heterocycles. The highest BCUT2D eigenvalue weighted by Gasteiger charge is 2.49. The summed E-state index contributed by atoms with van der Waals surface area (Å²) in [6.07, 6.45) is 4.57. The van der Waals surface area contributed by atoms with Gasteiger partial charge in [0.25, 0.3) is 0 Å². The summed E-state index contributed by atoms with van der Waals surface area (Å²) in [5, 5.41) is 8.61. The number of likely N-dealkylation sites (tertiary alicyclic amines) is 1. The summed E-state index contributed by atoms with van der Waals surface area (Å²) < 4.78 is 25.7. The molecule has 1 fully saturated rings. The smallest absolute Gasteiger partial charge is 0.326 e. The maximum atomic E-state index is 12.8. The summed E-state index contributed by atoms with van der Waals surface area (Å²) in [4.78, 5) is 25.1. The lowest BCUT2D eigenvalue weighted by Crippen LogP contribution is -2.62. The molecular formula is C24H29NO5S. The van der Waals surface area contributed by atoms with Crippen LogP contribution in [0.15, 0.2) is 60.7 Å². The Hall–Kier alpha value is -2.67. The van der Waals surface area contributed by atoms with Gasteiger partial charge in [-0.05, 0) is 30.4 Å². The Morgan fingerprint density at radius 1 is 0.935 bits per heavy atom. The molecule has 0 radical (unpaired) electrons. The molecule has 2 aromatic carbocycles. The van der Waals surface area contributed by atoms with Gasteiger partial charge in [-0.25, -0.2) is 13.2 Å². The zero-order chi connectivity index (χ0) is 22.3. The molecule has 2 atom stereocenters. The Kier molecular flexibility index (Phi) is 7.85. The van der Waals surface area contributed by atoms with E-state index in [0.29, 0.717) is 12.0 Å². The molecule has 3 rings (SSSR count). The van der Waals surface area contributed by atoms with E-state index in [9.17, 15) is 23.1 Å². The minimum atomic E-state index is -3.67. The van der Waals surface area contributed by atoms with E-state index in [1.165, 1.54) is 5.56 Å². The standard InChI is InChI=1S/C24H29NO5S/c26-22-17-23(31(29,30)18-20-14-8-4-9-15-20)25(22)21(24(27)28)16-10-2-1-5-11-19-12-6-3-7-13-19/h3-4,6-9,12-15,21,23H,1-2,5,10-11,16-18H2,(H,27,28). The summed E-state index contributed by atoms with van der Waals surface area (Å²) in [6, 6.07) is 17.8. The summed E-state index contributed by atoms with van der Waals surface area (Å²) in [5.74, 6) is -1.75. The highest BCUT2D eigenvalue weighted by atomic mass is 32.2. The predicted octanol–water partition coefficient (Wildman–Crippen LogP) is 3.81. The normalized spacial score (nSPS) is 17.2. The summed E-state index contributed by atoms with van der Waals surface area (Å²) in [5.41, 5.74) is 1.91. The number of aliphatic carboxylic acids is 1. The maximum absolute atomic E-state index is 12.8. The van der Waals surface area contributed by atoms with Crippen LogP contribution >= 0.6 is 0 Å². The molecule has 1 amide bonds. The second-order valence-corrected chi connectivity index (χ2v) is 10.2. The molecular weight excluding hydrogens is 414 g/mol. The second-order valence-electron chi connectivity index (χ2n) is 8.05. The van der Waals surface area contributed by atoms with Gasteiger partial charge >= 0.3 is 5.97 Å². The molecule has 6 nitrogen and oxygen atoms in total. The van der Waals surface area contributed by atoms with Gasteiger partial charge in [0.2, 0.25) is 5.91 Å². The van der Waals surface area contributed by atoms with Crippen molar-refractivity contribution >= 4 is 21.7 Å². The number of carboxylic acid groups (broad SMARTS) is 1. The van der Waals surface area contributed by atoms with E-state index in [2.05, 4.69) is 12.1 Å². The number of benzene rings is 2. The average Bonchev–Trinajstić information content (AvgIpc) is 2.74. The number of nitrogens with zero attached hydrogens (tertiary/aromatic N) is 1. The fraction of sp³-hybridized carbons (Fsp3) is 0.417. The SMILES string of the molecule is O=C(O)C(CCCCCCc1ccccc1)N1C(=O)CC1S(=O)(=O)Cc1ccccc1. The van der Waals surface area contributed by atoms with Gasteiger partial charge in [0, 0.05) is 0 Å². The second kappa shape index (κ2) is 10.6. The number of unbranched alkanes of at least 4 members (excludes halogenated alkanes) is 3. The maximum Gasteiger partial charge on any atom is 0.326 e. The van der Waals surface area contributed by atoms with Crippen LogP contribution in [0.2, 0.25) is 0 Å². The molecule has 0 aliphatic carbocycles. The predicted molar refractivity (Wildman–Crippen MR) is 119 cm³/mol. The highest BCUT2D eigenvalue weighted by Crippen LogP contribution is 2.31. The molecule has 2 aromatic rings. The van der Waals surface area contributed by atoms with Gasteiger partial charge in [-0.3, -0.25) is 4.79 Å². The van der Waals surface area contributed by atoms with Gasteiger partial charge in [0.05, 0.1) is 12.2 Å². The number of sulfone groups is 1.